The lowest BCUT2D eigenvalue weighted by atomic mass is 10.1. The van der Waals surface area contributed by atoms with Crippen LogP contribution in [-0.2, 0) is 11.2 Å². The van der Waals surface area contributed by atoms with E-state index in [-0.39, 0.29) is 12.3 Å². The highest BCUT2D eigenvalue weighted by molar-refractivity contribution is 5.91. The Hall–Kier alpha value is -2.47. The Morgan fingerprint density at radius 3 is 2.43 bits per heavy atom. The number of anilines is 2. The number of piperazine rings is 1. The molecule has 1 aliphatic rings. The summed E-state index contributed by atoms with van der Waals surface area (Å²) in [5.74, 6) is -1.91. The zero-order chi connectivity index (χ0) is 20.1. The van der Waals surface area contributed by atoms with E-state index in [1.165, 1.54) is 11.8 Å². The fraction of sp³-hybridized carbons (Fsp3) is 0.409. The van der Waals surface area contributed by atoms with E-state index in [2.05, 4.69) is 35.0 Å². The van der Waals surface area contributed by atoms with Gasteiger partial charge in [0.15, 0.2) is 11.6 Å². The molecule has 0 bridgehead atoms. The largest absolute Gasteiger partial charge is 0.369 e. The third-order valence-electron chi connectivity index (χ3n) is 5.27. The molecular weight excluding hydrogens is 360 g/mol. The molecule has 0 unspecified atom stereocenters. The van der Waals surface area contributed by atoms with Crippen molar-refractivity contribution in [2.45, 2.75) is 26.7 Å². The Kier molecular flexibility index (Phi) is 6.62. The number of halogens is 2. The maximum atomic E-state index is 13.2. The number of aryl methyl sites for hydroxylation is 2. The van der Waals surface area contributed by atoms with Crippen molar-refractivity contribution in [2.24, 2.45) is 0 Å². The van der Waals surface area contributed by atoms with Crippen LogP contribution < -0.4 is 10.2 Å². The molecule has 1 saturated heterocycles. The van der Waals surface area contributed by atoms with E-state index >= 15 is 0 Å². The van der Waals surface area contributed by atoms with Crippen LogP contribution >= 0.6 is 0 Å². The number of nitrogens with zero attached hydrogens (tertiary/aromatic N) is 2. The van der Waals surface area contributed by atoms with Gasteiger partial charge in [-0.25, -0.2) is 8.78 Å². The summed E-state index contributed by atoms with van der Waals surface area (Å²) in [6.45, 7) is 9.48. The van der Waals surface area contributed by atoms with Gasteiger partial charge in [0.25, 0.3) is 0 Å². The lowest BCUT2D eigenvalue weighted by Crippen LogP contribution is -2.46. The second-order valence-electron chi connectivity index (χ2n) is 7.22. The van der Waals surface area contributed by atoms with E-state index in [0.29, 0.717) is 12.0 Å². The lowest BCUT2D eigenvalue weighted by Gasteiger charge is -2.36. The molecule has 1 N–H and O–H groups in total. The predicted octanol–water partition coefficient (Wildman–Crippen LogP) is 3.99. The van der Waals surface area contributed by atoms with E-state index < -0.39 is 11.6 Å². The number of rotatable bonds is 6. The number of hydrogen-bond donors (Lipinski definition) is 1. The number of carbonyl (C=O) groups excluding carboxylic acids is 1. The topological polar surface area (TPSA) is 35.6 Å². The molecule has 6 heteroatoms. The van der Waals surface area contributed by atoms with Gasteiger partial charge in [-0.1, -0.05) is 13.0 Å². The molecule has 0 aliphatic carbocycles. The first kappa shape index (κ1) is 20.3. The summed E-state index contributed by atoms with van der Waals surface area (Å²) in [4.78, 5) is 17.0. The van der Waals surface area contributed by atoms with Crippen molar-refractivity contribution >= 4 is 17.3 Å². The van der Waals surface area contributed by atoms with Crippen molar-refractivity contribution in [1.82, 2.24) is 4.90 Å². The van der Waals surface area contributed by atoms with Crippen LogP contribution in [0.5, 0.6) is 0 Å². The summed E-state index contributed by atoms with van der Waals surface area (Å²) >= 11 is 0. The van der Waals surface area contributed by atoms with E-state index in [1.807, 2.05) is 12.1 Å². The minimum absolute atomic E-state index is 0.145. The van der Waals surface area contributed by atoms with Crippen molar-refractivity contribution in [3.8, 4) is 0 Å². The number of likely N-dealkylation sites (N-methyl/N-ethyl adjacent to an activating group) is 1. The van der Waals surface area contributed by atoms with Crippen molar-refractivity contribution in [3.05, 3.63) is 59.2 Å². The molecule has 3 rings (SSSR count). The average Bonchev–Trinajstić information content (AvgIpc) is 2.69. The number of amides is 1. The van der Waals surface area contributed by atoms with Gasteiger partial charge in [0.2, 0.25) is 5.91 Å². The SMILES string of the molecule is CCN1CCN(c2ccc(NC(=O)CCc3ccc(F)c(F)c3)cc2C)CC1. The maximum Gasteiger partial charge on any atom is 0.224 e. The number of hydrogen-bond acceptors (Lipinski definition) is 3. The summed E-state index contributed by atoms with van der Waals surface area (Å²) in [5.41, 5.74) is 3.69. The van der Waals surface area contributed by atoms with Crippen molar-refractivity contribution in [3.63, 3.8) is 0 Å². The molecular formula is C22H27F2N3O. The molecule has 28 heavy (non-hydrogen) atoms. The predicted molar refractivity (Wildman–Crippen MR) is 109 cm³/mol. The first-order valence-corrected chi connectivity index (χ1v) is 9.78. The fourth-order valence-electron chi connectivity index (χ4n) is 3.57. The molecule has 2 aromatic carbocycles. The second kappa shape index (κ2) is 9.15. The number of nitrogens with one attached hydrogen (secondary N) is 1. The highest BCUT2D eigenvalue weighted by Crippen LogP contribution is 2.25. The van der Waals surface area contributed by atoms with Crippen molar-refractivity contribution in [2.75, 3.05) is 42.9 Å². The summed E-state index contributed by atoms with van der Waals surface area (Å²) in [7, 11) is 0. The van der Waals surface area contributed by atoms with Gasteiger partial charge in [-0.2, -0.15) is 0 Å². The molecule has 0 saturated carbocycles. The van der Waals surface area contributed by atoms with Crippen molar-refractivity contribution < 1.29 is 13.6 Å². The van der Waals surface area contributed by atoms with Gasteiger partial charge in [-0.15, -0.1) is 0 Å². The van der Waals surface area contributed by atoms with Gasteiger partial charge in [-0.3, -0.25) is 4.79 Å². The highest BCUT2D eigenvalue weighted by atomic mass is 19.2. The first-order chi connectivity index (χ1) is 13.5. The van der Waals surface area contributed by atoms with Crippen LogP contribution in [-0.4, -0.2) is 43.5 Å². The molecule has 0 aromatic heterocycles. The summed E-state index contributed by atoms with van der Waals surface area (Å²) in [6.07, 6.45) is 0.576. The third-order valence-corrected chi connectivity index (χ3v) is 5.27. The zero-order valence-corrected chi connectivity index (χ0v) is 16.5. The Morgan fingerprint density at radius 2 is 1.79 bits per heavy atom. The molecule has 2 aromatic rings. The molecule has 1 heterocycles. The van der Waals surface area contributed by atoms with Gasteiger partial charge in [0, 0.05) is 44.0 Å². The Morgan fingerprint density at radius 1 is 1.04 bits per heavy atom. The summed E-state index contributed by atoms with van der Waals surface area (Å²) in [6, 6.07) is 9.69. The van der Waals surface area contributed by atoms with Crippen LogP contribution in [0.4, 0.5) is 20.2 Å². The van der Waals surface area contributed by atoms with Gasteiger partial charge < -0.3 is 15.1 Å². The molecule has 150 valence electrons. The van der Waals surface area contributed by atoms with Gasteiger partial charge in [0.05, 0.1) is 0 Å². The van der Waals surface area contributed by atoms with Crippen LogP contribution in [0.1, 0.15) is 24.5 Å². The normalized spacial score (nSPS) is 14.9. The second-order valence-corrected chi connectivity index (χ2v) is 7.22. The minimum atomic E-state index is -0.885. The molecule has 1 aliphatic heterocycles. The summed E-state index contributed by atoms with van der Waals surface area (Å²) in [5, 5.41) is 2.89. The average molecular weight is 387 g/mol. The lowest BCUT2D eigenvalue weighted by molar-refractivity contribution is -0.116. The van der Waals surface area contributed by atoms with Crippen LogP contribution in [0.3, 0.4) is 0 Å². The smallest absolute Gasteiger partial charge is 0.224 e. The number of carbonyl (C=O) groups is 1. The van der Waals surface area contributed by atoms with Gasteiger partial charge in [-0.05, 0) is 61.3 Å². The van der Waals surface area contributed by atoms with E-state index in [9.17, 15) is 13.6 Å². The zero-order valence-electron chi connectivity index (χ0n) is 16.5. The van der Waals surface area contributed by atoms with Gasteiger partial charge >= 0.3 is 0 Å². The van der Waals surface area contributed by atoms with Crippen molar-refractivity contribution in [1.29, 1.82) is 0 Å². The van der Waals surface area contributed by atoms with Crippen LogP contribution in [0.2, 0.25) is 0 Å². The quantitative estimate of drug-likeness (QED) is 0.814. The minimum Gasteiger partial charge on any atom is -0.369 e. The van der Waals surface area contributed by atoms with E-state index in [1.54, 1.807) is 0 Å². The van der Waals surface area contributed by atoms with Crippen LogP contribution in [0.25, 0.3) is 0 Å². The Bertz CT molecular complexity index is 833. The third kappa shape index (κ3) is 5.07. The highest BCUT2D eigenvalue weighted by Gasteiger charge is 2.17. The summed E-state index contributed by atoms with van der Waals surface area (Å²) < 4.78 is 26.2. The molecule has 0 radical (unpaired) electrons. The molecule has 1 amide bonds. The first-order valence-electron chi connectivity index (χ1n) is 9.78. The number of benzene rings is 2. The molecule has 4 nitrogen and oxygen atoms in total. The Balaban J connectivity index is 1.55. The Labute approximate surface area is 165 Å². The molecule has 0 spiro atoms. The molecule has 0 atom stereocenters. The monoisotopic (exact) mass is 387 g/mol. The standard InChI is InChI=1S/C22H27F2N3O/c1-3-26-10-12-27(13-11-26)21-8-6-18(14-16(21)2)25-22(28)9-5-17-4-7-19(23)20(24)15-17/h4,6-8,14-15H,3,5,9-13H2,1-2H3,(H,25,28). The van der Waals surface area contributed by atoms with Crippen LogP contribution in [0, 0.1) is 18.6 Å². The van der Waals surface area contributed by atoms with E-state index in [4.69, 9.17) is 0 Å². The molecule has 1 fully saturated rings. The van der Waals surface area contributed by atoms with E-state index in [0.717, 1.165) is 56.1 Å². The fourth-order valence-corrected chi connectivity index (χ4v) is 3.57. The van der Waals surface area contributed by atoms with Gasteiger partial charge in [0.1, 0.15) is 0 Å². The maximum absolute atomic E-state index is 13.2. The van der Waals surface area contributed by atoms with Crippen LogP contribution in [0.15, 0.2) is 36.4 Å².